The molecule has 0 aliphatic heterocycles. The van der Waals surface area contributed by atoms with Crippen LogP contribution < -0.4 is 10.9 Å². The Labute approximate surface area is 129 Å². The van der Waals surface area contributed by atoms with Gasteiger partial charge in [0, 0.05) is 24.2 Å². The second-order valence-electron chi connectivity index (χ2n) is 5.08. The van der Waals surface area contributed by atoms with Gasteiger partial charge in [-0.2, -0.15) is 0 Å². The molecule has 0 bridgehead atoms. The highest BCUT2D eigenvalue weighted by atomic mass is 16.1. The average Bonchev–Trinajstić information content (AvgIpc) is 2.53. The number of hydrogen-bond donors (Lipinski definition) is 2. The van der Waals surface area contributed by atoms with Gasteiger partial charge in [-0.3, -0.25) is 4.79 Å². The smallest absolute Gasteiger partial charge is 0.290 e. The number of aromatic nitrogens is 2. The maximum absolute atomic E-state index is 11.9. The Kier molecular flexibility index (Phi) is 5.28. The minimum atomic E-state index is -0.288. The summed E-state index contributed by atoms with van der Waals surface area (Å²) < 4.78 is 0. The SMILES string of the molecule is CCC(CNc1nc(C=C=O)c(C)[nH]c1=O)c1ccccc1. The van der Waals surface area contributed by atoms with Crippen LogP contribution in [-0.4, -0.2) is 22.5 Å². The normalized spacial score (nSPS) is 11.5. The number of rotatable bonds is 6. The Bertz CT molecular complexity index is 731. The van der Waals surface area contributed by atoms with Crippen molar-refractivity contribution in [1.29, 1.82) is 0 Å². The van der Waals surface area contributed by atoms with E-state index in [1.807, 2.05) is 18.2 Å². The fraction of sp³-hybridized carbons (Fsp3) is 0.294. The molecule has 0 saturated heterocycles. The van der Waals surface area contributed by atoms with Crippen molar-refractivity contribution in [2.24, 2.45) is 0 Å². The first-order valence-electron chi connectivity index (χ1n) is 7.26. The summed E-state index contributed by atoms with van der Waals surface area (Å²) in [5, 5.41) is 3.08. The van der Waals surface area contributed by atoms with Gasteiger partial charge in [0.2, 0.25) is 0 Å². The van der Waals surface area contributed by atoms with E-state index in [9.17, 15) is 9.59 Å². The fourth-order valence-corrected chi connectivity index (χ4v) is 2.31. The van der Waals surface area contributed by atoms with E-state index in [-0.39, 0.29) is 17.3 Å². The van der Waals surface area contributed by atoms with E-state index in [0.717, 1.165) is 6.42 Å². The van der Waals surface area contributed by atoms with Crippen LogP contribution in [0.15, 0.2) is 35.1 Å². The number of anilines is 1. The Morgan fingerprint density at radius 2 is 2.09 bits per heavy atom. The number of nitrogens with zero attached hydrogens (tertiary/aromatic N) is 1. The van der Waals surface area contributed by atoms with E-state index < -0.39 is 0 Å². The zero-order chi connectivity index (χ0) is 15.9. The zero-order valence-corrected chi connectivity index (χ0v) is 12.7. The molecule has 2 N–H and O–H groups in total. The summed E-state index contributed by atoms with van der Waals surface area (Å²) in [4.78, 5) is 29.3. The number of nitrogens with one attached hydrogen (secondary N) is 2. The number of benzene rings is 1. The van der Waals surface area contributed by atoms with E-state index in [2.05, 4.69) is 34.3 Å². The number of hydrogen-bond acceptors (Lipinski definition) is 4. The molecule has 2 aromatic rings. The van der Waals surface area contributed by atoms with Crippen molar-refractivity contribution < 1.29 is 4.79 Å². The third-order valence-electron chi connectivity index (χ3n) is 3.61. The molecular formula is C17H19N3O2. The second kappa shape index (κ2) is 7.38. The highest BCUT2D eigenvalue weighted by Gasteiger charge is 2.11. The van der Waals surface area contributed by atoms with Gasteiger partial charge in [-0.05, 0) is 18.9 Å². The first-order valence-corrected chi connectivity index (χ1v) is 7.26. The molecule has 1 atom stereocenters. The van der Waals surface area contributed by atoms with Gasteiger partial charge < -0.3 is 10.3 Å². The van der Waals surface area contributed by atoms with Crippen LogP contribution >= 0.6 is 0 Å². The predicted molar refractivity (Wildman–Crippen MR) is 87.7 cm³/mol. The van der Waals surface area contributed by atoms with Gasteiger partial charge in [-0.1, -0.05) is 37.3 Å². The average molecular weight is 297 g/mol. The lowest BCUT2D eigenvalue weighted by molar-refractivity contribution is 0.570. The molecule has 0 aliphatic rings. The van der Waals surface area contributed by atoms with E-state index in [4.69, 9.17) is 0 Å². The molecule has 5 nitrogen and oxygen atoms in total. The van der Waals surface area contributed by atoms with Crippen LogP contribution in [-0.2, 0) is 4.79 Å². The van der Waals surface area contributed by atoms with Crippen LogP contribution in [0, 0.1) is 6.92 Å². The largest absolute Gasteiger partial charge is 0.365 e. The molecule has 0 saturated carbocycles. The topological polar surface area (TPSA) is 74.8 Å². The van der Waals surface area contributed by atoms with Crippen LogP contribution in [0.2, 0.25) is 0 Å². The van der Waals surface area contributed by atoms with Crippen LogP contribution in [0.3, 0.4) is 0 Å². The highest BCUT2D eigenvalue weighted by molar-refractivity contribution is 5.74. The molecule has 22 heavy (non-hydrogen) atoms. The number of aryl methyl sites for hydroxylation is 1. The van der Waals surface area contributed by atoms with Crippen molar-refractivity contribution in [2.75, 3.05) is 11.9 Å². The standard InChI is InChI=1S/C17H19N3O2/c1-3-13(14-7-5-4-6-8-14)11-18-16-17(22)19-12(2)15(20-16)9-10-21/h4-9,13H,3,11H2,1-2H3,(H,18,20)(H,19,22). The number of carbonyl (C=O) groups excluding carboxylic acids is 1. The molecular weight excluding hydrogens is 278 g/mol. The lowest BCUT2D eigenvalue weighted by Gasteiger charge is -2.16. The number of aromatic amines is 1. The maximum atomic E-state index is 11.9. The third-order valence-corrected chi connectivity index (χ3v) is 3.61. The van der Waals surface area contributed by atoms with Crippen molar-refractivity contribution in [3.05, 3.63) is 57.6 Å². The van der Waals surface area contributed by atoms with E-state index in [1.165, 1.54) is 11.6 Å². The molecule has 0 spiro atoms. The van der Waals surface area contributed by atoms with Crippen molar-refractivity contribution in [3.63, 3.8) is 0 Å². The van der Waals surface area contributed by atoms with E-state index >= 15 is 0 Å². The first kappa shape index (κ1) is 15.7. The molecule has 0 fully saturated rings. The zero-order valence-electron chi connectivity index (χ0n) is 12.7. The van der Waals surface area contributed by atoms with Gasteiger partial charge in [-0.15, -0.1) is 0 Å². The minimum Gasteiger partial charge on any atom is -0.365 e. The Balaban J connectivity index is 2.18. The maximum Gasteiger partial charge on any atom is 0.290 e. The molecule has 1 unspecified atom stereocenters. The molecule has 1 aromatic carbocycles. The van der Waals surface area contributed by atoms with Crippen molar-refractivity contribution in [1.82, 2.24) is 9.97 Å². The molecule has 114 valence electrons. The van der Waals surface area contributed by atoms with Gasteiger partial charge in [0.15, 0.2) is 5.82 Å². The van der Waals surface area contributed by atoms with Gasteiger partial charge in [0.05, 0.1) is 5.69 Å². The van der Waals surface area contributed by atoms with Crippen LogP contribution in [0.25, 0.3) is 6.08 Å². The van der Waals surface area contributed by atoms with Gasteiger partial charge in [-0.25, -0.2) is 9.78 Å². The molecule has 0 aliphatic carbocycles. The van der Waals surface area contributed by atoms with Gasteiger partial charge in [0.25, 0.3) is 5.56 Å². The first-order chi connectivity index (χ1) is 10.7. The predicted octanol–water partition coefficient (Wildman–Crippen LogP) is 2.53. The Morgan fingerprint density at radius 1 is 1.36 bits per heavy atom. The lowest BCUT2D eigenvalue weighted by atomic mass is 9.96. The van der Waals surface area contributed by atoms with Crippen LogP contribution in [0.1, 0.15) is 36.2 Å². The monoisotopic (exact) mass is 297 g/mol. The summed E-state index contributed by atoms with van der Waals surface area (Å²) in [5.41, 5.74) is 1.90. The summed E-state index contributed by atoms with van der Waals surface area (Å²) in [6.07, 6.45) is 2.16. The van der Waals surface area contributed by atoms with E-state index in [0.29, 0.717) is 17.9 Å². The van der Waals surface area contributed by atoms with Gasteiger partial charge >= 0.3 is 0 Å². The minimum absolute atomic E-state index is 0.224. The Morgan fingerprint density at radius 3 is 2.73 bits per heavy atom. The summed E-state index contributed by atoms with van der Waals surface area (Å²) in [7, 11) is 0. The quantitative estimate of drug-likeness (QED) is 0.803. The number of H-pyrrole nitrogens is 1. The molecule has 0 radical (unpaired) electrons. The summed E-state index contributed by atoms with van der Waals surface area (Å²) in [6.45, 7) is 4.40. The summed E-state index contributed by atoms with van der Waals surface area (Å²) in [6, 6.07) is 10.1. The lowest BCUT2D eigenvalue weighted by Crippen LogP contribution is -2.21. The molecule has 1 aromatic heterocycles. The van der Waals surface area contributed by atoms with Crippen LogP contribution in [0.5, 0.6) is 0 Å². The molecule has 0 amide bonds. The summed E-state index contributed by atoms with van der Waals surface area (Å²) >= 11 is 0. The van der Waals surface area contributed by atoms with Crippen molar-refractivity contribution in [2.45, 2.75) is 26.2 Å². The van der Waals surface area contributed by atoms with Crippen LogP contribution in [0.4, 0.5) is 5.82 Å². The molecule has 1 heterocycles. The van der Waals surface area contributed by atoms with Gasteiger partial charge in [0.1, 0.15) is 5.94 Å². The fourth-order valence-electron chi connectivity index (χ4n) is 2.31. The summed E-state index contributed by atoms with van der Waals surface area (Å²) in [5.74, 6) is 2.20. The van der Waals surface area contributed by atoms with Crippen molar-refractivity contribution >= 4 is 17.8 Å². The molecule has 5 heteroatoms. The Hall–Kier alpha value is -2.65. The second-order valence-corrected chi connectivity index (χ2v) is 5.08. The van der Waals surface area contributed by atoms with Crippen molar-refractivity contribution in [3.8, 4) is 0 Å². The highest BCUT2D eigenvalue weighted by Crippen LogP contribution is 2.19. The molecule has 2 rings (SSSR count). The third kappa shape index (κ3) is 3.71. The van der Waals surface area contributed by atoms with E-state index in [1.54, 1.807) is 12.9 Å².